The van der Waals surface area contributed by atoms with Crippen LogP contribution in [-0.4, -0.2) is 22.3 Å². The van der Waals surface area contributed by atoms with Crippen LogP contribution in [0.4, 0.5) is 0 Å². The summed E-state index contributed by atoms with van der Waals surface area (Å²) in [5, 5.41) is 1.46. The van der Waals surface area contributed by atoms with E-state index in [1.54, 1.807) is 14.2 Å². The van der Waals surface area contributed by atoms with Gasteiger partial charge in [-0.05, 0) is 46.2 Å². The summed E-state index contributed by atoms with van der Waals surface area (Å²) in [4.78, 5) is 0. The van der Waals surface area contributed by atoms with Crippen molar-refractivity contribution in [1.29, 1.82) is 0 Å². The third-order valence-electron chi connectivity index (χ3n) is 4.33. The molecule has 118 valence electrons. The van der Waals surface area contributed by atoms with Crippen LogP contribution in [0.2, 0.25) is 13.1 Å². The zero-order valence-corrected chi connectivity index (χ0v) is 15.1. The van der Waals surface area contributed by atoms with Crippen molar-refractivity contribution in [3.8, 4) is 11.5 Å². The molecule has 0 unspecified atom stereocenters. The average molecular weight is 322 g/mol. The van der Waals surface area contributed by atoms with E-state index < -0.39 is 8.07 Å². The van der Waals surface area contributed by atoms with Gasteiger partial charge in [-0.1, -0.05) is 49.1 Å². The number of hydrogen-bond acceptors (Lipinski definition) is 2. The van der Waals surface area contributed by atoms with Gasteiger partial charge in [0.15, 0.2) is 0 Å². The number of methoxy groups -OCH3 is 2. The van der Waals surface area contributed by atoms with Crippen LogP contribution in [0.5, 0.6) is 11.5 Å². The van der Waals surface area contributed by atoms with Gasteiger partial charge in [-0.3, -0.25) is 0 Å². The van der Waals surface area contributed by atoms with Crippen molar-refractivity contribution < 1.29 is 9.47 Å². The van der Waals surface area contributed by atoms with Crippen LogP contribution in [0.25, 0.3) is 10.8 Å². The van der Waals surface area contributed by atoms with Gasteiger partial charge in [0.25, 0.3) is 0 Å². The third-order valence-corrected chi connectivity index (χ3v) is 7.19. The Balaban J connectivity index is 1.95. The summed E-state index contributed by atoms with van der Waals surface area (Å²) in [6, 6.07) is 16.7. The second-order valence-electron chi connectivity index (χ2n) is 6.34. The Morgan fingerprint density at radius 1 is 0.696 bits per heavy atom. The zero-order chi connectivity index (χ0) is 16.4. The highest BCUT2D eigenvalue weighted by Crippen LogP contribution is 2.38. The van der Waals surface area contributed by atoms with Gasteiger partial charge in [0.2, 0.25) is 0 Å². The molecule has 0 fully saturated rings. The van der Waals surface area contributed by atoms with Crippen LogP contribution in [-0.2, 0) is 0 Å². The zero-order valence-electron chi connectivity index (χ0n) is 14.1. The number of ether oxygens (including phenoxy) is 2. The van der Waals surface area contributed by atoms with Crippen LogP contribution >= 0.6 is 0 Å². The minimum atomic E-state index is -1.58. The molecule has 0 atom stereocenters. The smallest absolute Gasteiger partial charge is 0.118 e. The van der Waals surface area contributed by atoms with E-state index in [0.29, 0.717) is 0 Å². The van der Waals surface area contributed by atoms with Crippen molar-refractivity contribution in [2.45, 2.75) is 13.1 Å². The summed E-state index contributed by atoms with van der Waals surface area (Å²) in [6.07, 6.45) is 2.34. The molecule has 0 aliphatic carbocycles. The van der Waals surface area contributed by atoms with Crippen molar-refractivity contribution in [3.05, 3.63) is 71.4 Å². The minimum Gasteiger partial charge on any atom is -0.497 e. The van der Waals surface area contributed by atoms with Crippen LogP contribution in [0, 0.1) is 0 Å². The van der Waals surface area contributed by atoms with Gasteiger partial charge in [-0.25, -0.2) is 0 Å². The molecule has 2 aromatic carbocycles. The van der Waals surface area contributed by atoms with Gasteiger partial charge in [0.05, 0.1) is 14.2 Å². The van der Waals surface area contributed by atoms with Crippen molar-refractivity contribution in [3.63, 3.8) is 0 Å². The second kappa shape index (κ2) is 6.09. The molecule has 2 nitrogen and oxygen atoms in total. The van der Waals surface area contributed by atoms with Gasteiger partial charge < -0.3 is 9.47 Å². The quantitative estimate of drug-likeness (QED) is 0.740. The molecular formula is C20H22O2Si. The average Bonchev–Trinajstić information content (AvgIpc) is 2.90. The molecule has 0 amide bonds. The van der Waals surface area contributed by atoms with Gasteiger partial charge in [-0.15, -0.1) is 0 Å². The molecule has 0 saturated heterocycles. The first-order valence-corrected chi connectivity index (χ1v) is 10.8. The topological polar surface area (TPSA) is 18.5 Å². The van der Waals surface area contributed by atoms with E-state index in [0.717, 1.165) is 11.5 Å². The largest absolute Gasteiger partial charge is 0.497 e. The Morgan fingerprint density at radius 3 is 1.65 bits per heavy atom. The van der Waals surface area contributed by atoms with Crippen molar-refractivity contribution in [2.75, 3.05) is 14.2 Å². The summed E-state index contributed by atoms with van der Waals surface area (Å²) >= 11 is 0. The predicted molar refractivity (Wildman–Crippen MR) is 99.4 cm³/mol. The molecule has 0 N–H and O–H groups in total. The van der Waals surface area contributed by atoms with Gasteiger partial charge in [0, 0.05) is 0 Å². The lowest BCUT2D eigenvalue weighted by atomic mass is 10.1. The number of hydrogen-bond donors (Lipinski definition) is 0. The minimum absolute atomic E-state index is 0.892. The standard InChI is InChI=1S/C20H22O2Si/c1-21-18-9-5-15(6-10-18)17-13-20(23(3,4)14-17)16-7-11-19(22-2)12-8-16/h5-14H,1-4H3. The lowest BCUT2D eigenvalue weighted by Crippen LogP contribution is -2.22. The SMILES string of the molecule is COc1ccc(C2=C[Si](C)(C)C(c3ccc(OC)cc3)=C2)cc1. The lowest BCUT2D eigenvalue weighted by molar-refractivity contribution is 0.414. The van der Waals surface area contributed by atoms with Gasteiger partial charge in [0.1, 0.15) is 19.6 Å². The molecule has 2 aromatic rings. The summed E-state index contributed by atoms with van der Waals surface area (Å²) < 4.78 is 10.5. The van der Waals surface area contributed by atoms with E-state index in [1.165, 1.54) is 21.9 Å². The Kier molecular flexibility index (Phi) is 4.14. The first-order valence-electron chi connectivity index (χ1n) is 7.77. The molecule has 1 heterocycles. The molecule has 0 aromatic heterocycles. The first kappa shape index (κ1) is 15.6. The molecule has 23 heavy (non-hydrogen) atoms. The highest BCUT2D eigenvalue weighted by Gasteiger charge is 2.30. The molecular weight excluding hydrogens is 300 g/mol. The molecule has 0 saturated carbocycles. The Bertz CT molecular complexity index is 753. The molecule has 0 radical (unpaired) electrons. The number of allylic oxidation sites excluding steroid dienone is 2. The van der Waals surface area contributed by atoms with Crippen molar-refractivity contribution in [2.24, 2.45) is 0 Å². The maximum Gasteiger partial charge on any atom is 0.118 e. The van der Waals surface area contributed by atoms with E-state index in [1.807, 2.05) is 24.3 Å². The predicted octanol–water partition coefficient (Wildman–Crippen LogP) is 4.97. The number of benzene rings is 2. The fourth-order valence-electron chi connectivity index (χ4n) is 3.03. The third kappa shape index (κ3) is 3.10. The molecule has 1 aliphatic rings. The van der Waals surface area contributed by atoms with E-state index in [2.05, 4.69) is 49.1 Å². The van der Waals surface area contributed by atoms with Crippen molar-refractivity contribution >= 4 is 18.8 Å². The van der Waals surface area contributed by atoms with E-state index in [4.69, 9.17) is 9.47 Å². The Labute approximate surface area is 139 Å². The van der Waals surface area contributed by atoms with Crippen LogP contribution < -0.4 is 9.47 Å². The highest BCUT2D eigenvalue weighted by molar-refractivity contribution is 7.00. The van der Waals surface area contributed by atoms with E-state index >= 15 is 0 Å². The fraction of sp³-hybridized carbons (Fsp3) is 0.200. The van der Waals surface area contributed by atoms with Gasteiger partial charge >= 0.3 is 0 Å². The van der Waals surface area contributed by atoms with Gasteiger partial charge in [-0.2, -0.15) is 0 Å². The molecule has 0 bridgehead atoms. The first-order chi connectivity index (χ1) is 11.0. The van der Waals surface area contributed by atoms with E-state index in [9.17, 15) is 0 Å². The molecule has 1 aliphatic heterocycles. The summed E-state index contributed by atoms with van der Waals surface area (Å²) in [5.74, 6) is 1.79. The Morgan fingerprint density at radius 2 is 1.17 bits per heavy atom. The number of rotatable bonds is 4. The van der Waals surface area contributed by atoms with Crippen molar-refractivity contribution in [1.82, 2.24) is 0 Å². The summed E-state index contributed by atoms with van der Waals surface area (Å²) in [7, 11) is 1.82. The maximum absolute atomic E-state index is 5.26. The molecule has 3 heteroatoms. The van der Waals surface area contributed by atoms with E-state index in [-0.39, 0.29) is 0 Å². The maximum atomic E-state index is 5.26. The summed E-state index contributed by atoms with van der Waals surface area (Å²) in [5.41, 5.74) is 6.32. The monoisotopic (exact) mass is 322 g/mol. The van der Waals surface area contributed by atoms with Crippen LogP contribution in [0.1, 0.15) is 11.1 Å². The highest BCUT2D eigenvalue weighted by atomic mass is 28.3. The normalized spacial score (nSPS) is 15.8. The fourth-order valence-corrected chi connectivity index (χ4v) is 5.65. The lowest BCUT2D eigenvalue weighted by Gasteiger charge is -2.18. The Hall–Kier alpha value is -2.26. The molecule has 0 spiro atoms. The second-order valence-corrected chi connectivity index (χ2v) is 10.6. The van der Waals surface area contributed by atoms with Crippen LogP contribution in [0.3, 0.4) is 0 Å². The van der Waals surface area contributed by atoms with Crippen LogP contribution in [0.15, 0.2) is 60.3 Å². The molecule has 3 rings (SSSR count). The summed E-state index contributed by atoms with van der Waals surface area (Å²) in [6.45, 7) is 4.78.